The Balaban J connectivity index is 1.70. The molecule has 2 aromatic rings. The minimum atomic E-state index is -0.263. The SMILES string of the molecule is CCOCCOc1ccccc1C(=O)Nc1cccc(NC(=O)C2CC2)c1C. The smallest absolute Gasteiger partial charge is 0.259 e. The molecular weight excluding hydrogens is 356 g/mol. The van der Waals surface area contributed by atoms with Crippen LogP contribution in [-0.2, 0) is 9.53 Å². The maximum atomic E-state index is 12.8. The number of rotatable bonds is 9. The van der Waals surface area contributed by atoms with Crippen LogP contribution in [0.5, 0.6) is 5.75 Å². The minimum absolute atomic E-state index is 0.0413. The molecule has 0 atom stereocenters. The standard InChI is InChI=1S/C22H26N2O4/c1-3-27-13-14-28-20-10-5-4-7-17(20)22(26)24-19-9-6-8-18(15(19)2)23-21(25)16-11-12-16/h4-10,16H,3,11-14H2,1-2H3,(H,23,25)(H,24,26). The summed E-state index contributed by atoms with van der Waals surface area (Å²) in [6.45, 7) is 5.26. The van der Waals surface area contributed by atoms with E-state index >= 15 is 0 Å². The van der Waals surface area contributed by atoms with Gasteiger partial charge in [-0.2, -0.15) is 0 Å². The van der Waals surface area contributed by atoms with Crippen molar-refractivity contribution in [1.82, 2.24) is 0 Å². The van der Waals surface area contributed by atoms with Crippen molar-refractivity contribution in [3.8, 4) is 5.75 Å². The van der Waals surface area contributed by atoms with E-state index in [0.717, 1.165) is 24.1 Å². The summed E-state index contributed by atoms with van der Waals surface area (Å²) in [7, 11) is 0. The van der Waals surface area contributed by atoms with Crippen LogP contribution in [0.25, 0.3) is 0 Å². The monoisotopic (exact) mass is 382 g/mol. The van der Waals surface area contributed by atoms with Gasteiger partial charge < -0.3 is 20.1 Å². The van der Waals surface area contributed by atoms with Gasteiger partial charge in [0, 0.05) is 23.9 Å². The van der Waals surface area contributed by atoms with Gasteiger partial charge in [-0.3, -0.25) is 9.59 Å². The van der Waals surface area contributed by atoms with Crippen molar-refractivity contribution in [3.05, 3.63) is 53.6 Å². The van der Waals surface area contributed by atoms with Gasteiger partial charge in [0.2, 0.25) is 5.91 Å². The van der Waals surface area contributed by atoms with Crippen molar-refractivity contribution in [2.75, 3.05) is 30.5 Å². The third kappa shape index (κ3) is 5.10. The summed E-state index contributed by atoms with van der Waals surface area (Å²) in [5, 5.41) is 5.87. The number of hydrogen-bond donors (Lipinski definition) is 2. The Labute approximate surface area is 165 Å². The predicted octanol–water partition coefficient (Wildman–Crippen LogP) is 4.01. The van der Waals surface area contributed by atoms with Gasteiger partial charge in [0.15, 0.2) is 0 Å². The third-order valence-corrected chi connectivity index (χ3v) is 4.61. The Morgan fingerprint density at radius 3 is 2.43 bits per heavy atom. The van der Waals surface area contributed by atoms with Gasteiger partial charge in [0.25, 0.3) is 5.91 Å². The number of benzene rings is 2. The average molecular weight is 382 g/mol. The zero-order valence-electron chi connectivity index (χ0n) is 16.3. The van der Waals surface area contributed by atoms with E-state index in [2.05, 4.69) is 10.6 Å². The van der Waals surface area contributed by atoms with Crippen LogP contribution in [0.1, 0.15) is 35.7 Å². The number of ether oxygens (including phenoxy) is 2. The van der Waals surface area contributed by atoms with E-state index in [9.17, 15) is 9.59 Å². The first-order valence-corrected chi connectivity index (χ1v) is 9.61. The summed E-state index contributed by atoms with van der Waals surface area (Å²) in [5.74, 6) is 0.411. The highest BCUT2D eigenvalue weighted by molar-refractivity contribution is 6.07. The second-order valence-corrected chi connectivity index (χ2v) is 6.74. The summed E-state index contributed by atoms with van der Waals surface area (Å²) in [5.41, 5.74) is 2.64. The largest absolute Gasteiger partial charge is 0.490 e. The topological polar surface area (TPSA) is 76.7 Å². The maximum absolute atomic E-state index is 12.8. The van der Waals surface area contributed by atoms with E-state index in [1.165, 1.54) is 0 Å². The summed E-state index contributed by atoms with van der Waals surface area (Å²) in [6.07, 6.45) is 1.89. The van der Waals surface area contributed by atoms with Crippen LogP contribution in [0.3, 0.4) is 0 Å². The fraction of sp³-hybridized carbons (Fsp3) is 0.364. The normalized spacial score (nSPS) is 13.1. The molecule has 6 heteroatoms. The van der Waals surface area contributed by atoms with Crippen molar-refractivity contribution in [3.63, 3.8) is 0 Å². The van der Waals surface area contributed by atoms with Gasteiger partial charge in [-0.15, -0.1) is 0 Å². The van der Waals surface area contributed by atoms with E-state index in [-0.39, 0.29) is 17.7 Å². The van der Waals surface area contributed by atoms with Gasteiger partial charge in [0.05, 0.1) is 12.2 Å². The summed E-state index contributed by atoms with van der Waals surface area (Å²) in [4.78, 5) is 24.9. The van der Waals surface area contributed by atoms with Crippen molar-refractivity contribution in [2.45, 2.75) is 26.7 Å². The van der Waals surface area contributed by atoms with Crippen molar-refractivity contribution in [1.29, 1.82) is 0 Å². The highest BCUT2D eigenvalue weighted by atomic mass is 16.5. The summed E-state index contributed by atoms with van der Waals surface area (Å²) in [6, 6.07) is 12.6. The van der Waals surface area contributed by atoms with E-state index < -0.39 is 0 Å². The zero-order chi connectivity index (χ0) is 19.9. The summed E-state index contributed by atoms with van der Waals surface area (Å²) >= 11 is 0. The van der Waals surface area contributed by atoms with Crippen LogP contribution in [0.15, 0.2) is 42.5 Å². The first kappa shape index (κ1) is 19.9. The fourth-order valence-corrected chi connectivity index (χ4v) is 2.81. The first-order valence-electron chi connectivity index (χ1n) is 9.61. The van der Waals surface area contributed by atoms with Crippen LogP contribution in [0.2, 0.25) is 0 Å². The van der Waals surface area contributed by atoms with Gasteiger partial charge in [-0.05, 0) is 56.5 Å². The van der Waals surface area contributed by atoms with Crippen molar-refractivity contribution >= 4 is 23.2 Å². The number of anilines is 2. The Bertz CT molecular complexity index is 846. The van der Waals surface area contributed by atoms with Gasteiger partial charge >= 0.3 is 0 Å². The number of nitrogens with one attached hydrogen (secondary N) is 2. The molecule has 2 aromatic carbocycles. The van der Waals surface area contributed by atoms with E-state index in [4.69, 9.17) is 9.47 Å². The Hall–Kier alpha value is -2.86. The molecule has 0 aromatic heterocycles. The third-order valence-electron chi connectivity index (χ3n) is 4.61. The molecule has 0 saturated heterocycles. The van der Waals surface area contributed by atoms with Crippen LogP contribution in [0.4, 0.5) is 11.4 Å². The Morgan fingerprint density at radius 1 is 1.00 bits per heavy atom. The van der Waals surface area contributed by atoms with Gasteiger partial charge in [0.1, 0.15) is 12.4 Å². The molecule has 2 N–H and O–H groups in total. The molecule has 1 fully saturated rings. The van der Waals surface area contributed by atoms with Gasteiger partial charge in [-0.25, -0.2) is 0 Å². The number of carbonyl (C=O) groups excluding carboxylic acids is 2. The molecule has 1 aliphatic rings. The lowest BCUT2D eigenvalue weighted by molar-refractivity contribution is -0.117. The Kier molecular flexibility index (Phi) is 6.66. The molecule has 1 aliphatic carbocycles. The number of amides is 2. The molecular formula is C22H26N2O4. The Morgan fingerprint density at radius 2 is 1.71 bits per heavy atom. The quantitative estimate of drug-likeness (QED) is 0.643. The van der Waals surface area contributed by atoms with Crippen molar-refractivity contribution < 1.29 is 19.1 Å². The number of hydrogen-bond acceptors (Lipinski definition) is 4. The zero-order valence-corrected chi connectivity index (χ0v) is 16.3. The molecule has 0 aliphatic heterocycles. The average Bonchev–Trinajstić information content (AvgIpc) is 3.54. The molecule has 0 heterocycles. The molecule has 0 bridgehead atoms. The number of carbonyl (C=O) groups is 2. The minimum Gasteiger partial charge on any atom is -0.490 e. The molecule has 0 radical (unpaired) electrons. The molecule has 0 spiro atoms. The van der Waals surface area contributed by atoms with Crippen LogP contribution in [0, 0.1) is 12.8 Å². The molecule has 3 rings (SSSR count). The lowest BCUT2D eigenvalue weighted by Crippen LogP contribution is -2.17. The fourth-order valence-electron chi connectivity index (χ4n) is 2.81. The van der Waals surface area contributed by atoms with Crippen LogP contribution >= 0.6 is 0 Å². The summed E-state index contributed by atoms with van der Waals surface area (Å²) < 4.78 is 11.0. The van der Waals surface area contributed by atoms with Crippen molar-refractivity contribution in [2.24, 2.45) is 5.92 Å². The molecule has 28 heavy (non-hydrogen) atoms. The van der Waals surface area contributed by atoms with E-state index in [1.807, 2.05) is 38.1 Å². The first-order chi connectivity index (χ1) is 13.6. The highest BCUT2D eigenvalue weighted by Gasteiger charge is 2.29. The van der Waals surface area contributed by atoms with Crippen LogP contribution < -0.4 is 15.4 Å². The second kappa shape index (κ2) is 9.37. The molecule has 148 valence electrons. The molecule has 1 saturated carbocycles. The maximum Gasteiger partial charge on any atom is 0.259 e. The highest BCUT2D eigenvalue weighted by Crippen LogP contribution is 2.32. The predicted molar refractivity (Wildman–Crippen MR) is 109 cm³/mol. The van der Waals surface area contributed by atoms with Gasteiger partial charge in [-0.1, -0.05) is 18.2 Å². The molecule has 6 nitrogen and oxygen atoms in total. The van der Waals surface area contributed by atoms with Crippen LogP contribution in [-0.4, -0.2) is 31.6 Å². The number of para-hydroxylation sites is 1. The molecule has 2 amide bonds. The second-order valence-electron chi connectivity index (χ2n) is 6.74. The lowest BCUT2D eigenvalue weighted by atomic mass is 10.1. The van der Waals surface area contributed by atoms with E-state index in [0.29, 0.717) is 36.8 Å². The van der Waals surface area contributed by atoms with E-state index in [1.54, 1.807) is 18.2 Å². The lowest BCUT2D eigenvalue weighted by Gasteiger charge is -2.15. The molecule has 0 unspecified atom stereocenters.